The van der Waals surface area contributed by atoms with Crippen molar-refractivity contribution in [3.63, 3.8) is 0 Å². The lowest BCUT2D eigenvalue weighted by Gasteiger charge is -2.08. The van der Waals surface area contributed by atoms with E-state index in [4.69, 9.17) is 5.11 Å². The summed E-state index contributed by atoms with van der Waals surface area (Å²) < 4.78 is 0. The lowest BCUT2D eigenvalue weighted by Crippen LogP contribution is -2.42. The molecule has 1 fully saturated rings. The third-order valence-electron chi connectivity index (χ3n) is 4.59. The van der Waals surface area contributed by atoms with E-state index >= 15 is 0 Å². The van der Waals surface area contributed by atoms with E-state index in [1.54, 1.807) is 0 Å². The molecule has 3 amide bonds. The van der Waals surface area contributed by atoms with Crippen LogP contribution in [0.1, 0.15) is 53.4 Å². The van der Waals surface area contributed by atoms with Gasteiger partial charge in [0.15, 0.2) is 0 Å². The number of carboxylic acid groups (broad SMARTS) is 1. The first kappa shape index (κ1) is 16.5. The standard InChI is InChI=1S/C14H24N2O4/c1-13(2)11(14(13,3)4)16-12(20)15-9(17)7-5-6-8-10(18)19/h11H,5-8H2,1-4H3,(H,18,19)(H2,15,16,17,20). The maximum atomic E-state index is 11.7. The highest BCUT2D eigenvalue weighted by molar-refractivity contribution is 5.94. The lowest BCUT2D eigenvalue weighted by atomic mass is 10.0. The number of unbranched alkanes of at least 4 members (excludes halogenated alkanes) is 1. The van der Waals surface area contributed by atoms with Gasteiger partial charge in [-0.05, 0) is 23.7 Å². The molecule has 6 heteroatoms. The number of aliphatic carboxylic acids is 1. The number of nitrogens with one attached hydrogen (secondary N) is 2. The van der Waals surface area contributed by atoms with Crippen LogP contribution in [-0.4, -0.2) is 29.1 Å². The van der Waals surface area contributed by atoms with E-state index in [1.807, 2.05) is 0 Å². The van der Waals surface area contributed by atoms with Gasteiger partial charge in [-0.2, -0.15) is 0 Å². The second-order valence-electron chi connectivity index (χ2n) is 6.50. The monoisotopic (exact) mass is 284 g/mol. The third-order valence-corrected chi connectivity index (χ3v) is 4.59. The average Bonchev–Trinajstić information content (AvgIpc) is 2.67. The van der Waals surface area contributed by atoms with Gasteiger partial charge < -0.3 is 10.4 Å². The van der Waals surface area contributed by atoms with Crippen LogP contribution in [0.15, 0.2) is 0 Å². The second-order valence-corrected chi connectivity index (χ2v) is 6.50. The van der Waals surface area contributed by atoms with Crippen LogP contribution >= 0.6 is 0 Å². The number of imide groups is 1. The molecule has 0 saturated heterocycles. The van der Waals surface area contributed by atoms with E-state index in [0.29, 0.717) is 12.8 Å². The van der Waals surface area contributed by atoms with Crippen molar-refractivity contribution >= 4 is 17.9 Å². The van der Waals surface area contributed by atoms with E-state index in [2.05, 4.69) is 38.3 Å². The summed E-state index contributed by atoms with van der Waals surface area (Å²) in [6.07, 6.45) is 1.11. The predicted molar refractivity (Wildman–Crippen MR) is 74.1 cm³/mol. The molecule has 1 rings (SSSR count). The molecule has 1 aliphatic rings. The summed E-state index contributed by atoms with van der Waals surface area (Å²) in [5, 5.41) is 13.6. The fourth-order valence-corrected chi connectivity index (χ4v) is 2.48. The predicted octanol–water partition coefficient (Wildman–Crippen LogP) is 1.89. The van der Waals surface area contributed by atoms with Crippen LogP contribution in [0, 0.1) is 10.8 Å². The van der Waals surface area contributed by atoms with Crippen LogP contribution in [-0.2, 0) is 9.59 Å². The Balaban J connectivity index is 2.23. The molecule has 1 aliphatic carbocycles. The molecule has 3 N–H and O–H groups in total. The second kappa shape index (κ2) is 5.81. The van der Waals surface area contributed by atoms with Crippen molar-refractivity contribution in [2.45, 2.75) is 59.4 Å². The fourth-order valence-electron chi connectivity index (χ4n) is 2.48. The third kappa shape index (κ3) is 3.71. The highest BCUT2D eigenvalue weighted by atomic mass is 16.4. The topological polar surface area (TPSA) is 95.5 Å². The minimum atomic E-state index is -0.874. The van der Waals surface area contributed by atoms with Crippen LogP contribution in [0.5, 0.6) is 0 Å². The van der Waals surface area contributed by atoms with Crippen LogP contribution in [0.3, 0.4) is 0 Å². The summed E-state index contributed by atoms with van der Waals surface area (Å²) in [5.74, 6) is -1.24. The van der Waals surface area contributed by atoms with Gasteiger partial charge in [-0.15, -0.1) is 0 Å². The lowest BCUT2D eigenvalue weighted by molar-refractivity contribution is -0.137. The molecule has 0 aromatic rings. The summed E-state index contributed by atoms with van der Waals surface area (Å²) in [5.41, 5.74) is 0.0454. The number of carbonyl (C=O) groups is 3. The molecule has 0 aliphatic heterocycles. The van der Waals surface area contributed by atoms with Gasteiger partial charge in [0, 0.05) is 18.9 Å². The highest BCUT2D eigenvalue weighted by Gasteiger charge is 2.65. The molecule has 1 saturated carbocycles. The Morgan fingerprint density at radius 1 is 1.00 bits per heavy atom. The zero-order chi connectivity index (χ0) is 15.6. The highest BCUT2D eigenvalue weighted by Crippen LogP contribution is 2.62. The summed E-state index contributed by atoms with van der Waals surface area (Å²) in [6.45, 7) is 8.30. The molecule has 0 aromatic heterocycles. The van der Waals surface area contributed by atoms with E-state index < -0.39 is 12.0 Å². The average molecular weight is 284 g/mol. The van der Waals surface area contributed by atoms with E-state index in [1.165, 1.54) is 0 Å². The molecule has 6 nitrogen and oxygen atoms in total. The number of urea groups is 1. The number of amides is 3. The Kier molecular flexibility index (Phi) is 4.78. The Bertz CT molecular complexity index is 401. The smallest absolute Gasteiger partial charge is 0.321 e. The van der Waals surface area contributed by atoms with Crippen LogP contribution in [0.25, 0.3) is 0 Å². The first-order chi connectivity index (χ1) is 9.09. The van der Waals surface area contributed by atoms with Crippen LogP contribution < -0.4 is 10.6 Å². The van der Waals surface area contributed by atoms with Crippen LogP contribution in [0.4, 0.5) is 4.79 Å². The Morgan fingerprint density at radius 2 is 1.50 bits per heavy atom. The fraction of sp³-hybridized carbons (Fsp3) is 0.786. The van der Waals surface area contributed by atoms with Crippen molar-refractivity contribution < 1.29 is 19.5 Å². The van der Waals surface area contributed by atoms with Gasteiger partial charge in [0.05, 0.1) is 0 Å². The van der Waals surface area contributed by atoms with Crippen molar-refractivity contribution in [1.29, 1.82) is 0 Å². The van der Waals surface area contributed by atoms with Gasteiger partial charge >= 0.3 is 12.0 Å². The largest absolute Gasteiger partial charge is 0.481 e. The SMILES string of the molecule is CC1(C)C(NC(=O)NC(=O)CCCCC(=O)O)C1(C)C. The van der Waals surface area contributed by atoms with Crippen molar-refractivity contribution in [1.82, 2.24) is 10.6 Å². The zero-order valence-electron chi connectivity index (χ0n) is 12.6. The molecule has 0 heterocycles. The molecule has 20 heavy (non-hydrogen) atoms. The first-order valence-corrected chi connectivity index (χ1v) is 6.91. The minimum Gasteiger partial charge on any atom is -0.481 e. The van der Waals surface area contributed by atoms with Crippen molar-refractivity contribution in [2.24, 2.45) is 10.8 Å². The first-order valence-electron chi connectivity index (χ1n) is 6.91. The molecule has 0 radical (unpaired) electrons. The van der Waals surface area contributed by atoms with Crippen molar-refractivity contribution in [2.75, 3.05) is 0 Å². The molecule has 114 valence electrons. The number of hydrogen-bond acceptors (Lipinski definition) is 3. The summed E-state index contributed by atoms with van der Waals surface area (Å²) in [7, 11) is 0. The van der Waals surface area contributed by atoms with E-state index in [9.17, 15) is 14.4 Å². The maximum absolute atomic E-state index is 11.7. The quantitative estimate of drug-likeness (QED) is 0.649. The molecule has 0 unspecified atom stereocenters. The molecule has 0 bridgehead atoms. The normalized spacial score (nSPS) is 19.2. The van der Waals surface area contributed by atoms with Gasteiger partial charge in [0.1, 0.15) is 0 Å². The summed E-state index contributed by atoms with van der Waals surface area (Å²) in [4.78, 5) is 33.5. The van der Waals surface area contributed by atoms with Gasteiger partial charge in [-0.1, -0.05) is 27.7 Å². The van der Waals surface area contributed by atoms with E-state index in [-0.39, 0.29) is 35.6 Å². The maximum Gasteiger partial charge on any atom is 0.321 e. The van der Waals surface area contributed by atoms with Crippen molar-refractivity contribution in [3.8, 4) is 0 Å². The van der Waals surface area contributed by atoms with Gasteiger partial charge in [-0.3, -0.25) is 14.9 Å². The van der Waals surface area contributed by atoms with Crippen LogP contribution in [0.2, 0.25) is 0 Å². The van der Waals surface area contributed by atoms with Gasteiger partial charge in [-0.25, -0.2) is 4.79 Å². The Hall–Kier alpha value is -1.59. The number of rotatable bonds is 6. The zero-order valence-corrected chi connectivity index (χ0v) is 12.6. The minimum absolute atomic E-state index is 0.0227. The molecule has 0 aromatic carbocycles. The van der Waals surface area contributed by atoms with Crippen molar-refractivity contribution in [3.05, 3.63) is 0 Å². The van der Waals surface area contributed by atoms with E-state index in [0.717, 1.165) is 0 Å². The van der Waals surface area contributed by atoms with Gasteiger partial charge in [0.2, 0.25) is 5.91 Å². The molecular formula is C14H24N2O4. The summed E-state index contributed by atoms with van der Waals surface area (Å²) in [6, 6.07) is -0.424. The molecule has 0 spiro atoms. The number of carbonyl (C=O) groups excluding carboxylic acids is 2. The van der Waals surface area contributed by atoms with Gasteiger partial charge in [0.25, 0.3) is 0 Å². The molecular weight excluding hydrogens is 260 g/mol. The summed E-state index contributed by atoms with van der Waals surface area (Å²) >= 11 is 0. The Morgan fingerprint density at radius 3 is 1.95 bits per heavy atom. The number of carboxylic acids is 1. The molecule has 0 atom stereocenters. The Labute approximate surface area is 119 Å². The number of hydrogen-bond donors (Lipinski definition) is 3.